The summed E-state index contributed by atoms with van der Waals surface area (Å²) in [5, 5.41) is 3.41. The monoisotopic (exact) mass is 265 g/mol. The highest BCUT2D eigenvalue weighted by Crippen LogP contribution is 2.29. The van der Waals surface area contributed by atoms with Gasteiger partial charge in [-0.1, -0.05) is 20.8 Å². The van der Waals surface area contributed by atoms with Crippen LogP contribution in [0.15, 0.2) is 0 Å². The summed E-state index contributed by atoms with van der Waals surface area (Å²) in [6.07, 6.45) is 1.06. The van der Waals surface area contributed by atoms with Crippen molar-refractivity contribution in [3.8, 4) is 0 Å². The van der Waals surface area contributed by atoms with Crippen molar-refractivity contribution >= 4 is 0 Å². The molecule has 1 aromatic rings. The molecule has 108 valence electrons. The number of hydrogen-bond acceptors (Lipinski definition) is 3. The van der Waals surface area contributed by atoms with Gasteiger partial charge in [-0.3, -0.25) is 0 Å². The largest absolute Gasteiger partial charge is 0.380 e. The van der Waals surface area contributed by atoms with E-state index in [1.54, 1.807) is 0 Å². The van der Waals surface area contributed by atoms with Crippen molar-refractivity contribution in [2.45, 2.75) is 59.0 Å². The van der Waals surface area contributed by atoms with E-state index in [-0.39, 0.29) is 5.41 Å². The lowest BCUT2D eigenvalue weighted by molar-refractivity contribution is 0.116. The Kier molecular flexibility index (Phi) is 4.31. The van der Waals surface area contributed by atoms with E-state index < -0.39 is 0 Å². The fourth-order valence-electron chi connectivity index (χ4n) is 2.70. The lowest BCUT2D eigenvalue weighted by atomic mass is 9.95. The maximum Gasteiger partial charge on any atom is 0.115 e. The van der Waals surface area contributed by atoms with E-state index >= 15 is 0 Å². The molecule has 1 N–H and O–H groups in total. The van der Waals surface area contributed by atoms with Gasteiger partial charge in [-0.05, 0) is 13.8 Å². The van der Waals surface area contributed by atoms with Crippen molar-refractivity contribution in [1.82, 2.24) is 14.9 Å². The van der Waals surface area contributed by atoms with Crippen molar-refractivity contribution in [1.29, 1.82) is 0 Å². The maximum absolute atomic E-state index is 5.61. The Morgan fingerprint density at radius 2 is 2.16 bits per heavy atom. The minimum Gasteiger partial charge on any atom is -0.380 e. The van der Waals surface area contributed by atoms with Crippen LogP contribution in [0.4, 0.5) is 0 Å². The second-order valence-electron chi connectivity index (χ2n) is 6.38. The van der Waals surface area contributed by atoms with Gasteiger partial charge >= 0.3 is 0 Å². The van der Waals surface area contributed by atoms with E-state index in [1.165, 1.54) is 17.2 Å². The Balaban J connectivity index is 2.40. The van der Waals surface area contributed by atoms with Crippen LogP contribution >= 0.6 is 0 Å². The Morgan fingerprint density at radius 1 is 1.42 bits per heavy atom. The second-order valence-corrected chi connectivity index (χ2v) is 6.38. The summed E-state index contributed by atoms with van der Waals surface area (Å²) in [5.74, 6) is 1.19. The van der Waals surface area contributed by atoms with Gasteiger partial charge in [0.25, 0.3) is 0 Å². The third-order valence-electron chi connectivity index (χ3n) is 3.60. The van der Waals surface area contributed by atoms with Crippen LogP contribution in [-0.4, -0.2) is 29.3 Å². The van der Waals surface area contributed by atoms with E-state index in [0.29, 0.717) is 6.04 Å². The minimum absolute atomic E-state index is 0.0673. The van der Waals surface area contributed by atoms with Crippen LogP contribution in [0.25, 0.3) is 0 Å². The van der Waals surface area contributed by atoms with Crippen LogP contribution < -0.4 is 5.32 Å². The van der Waals surface area contributed by atoms with Gasteiger partial charge in [-0.15, -0.1) is 0 Å². The van der Waals surface area contributed by atoms with Crippen LogP contribution in [0.1, 0.15) is 57.9 Å². The molecular weight excluding hydrogens is 238 g/mol. The third-order valence-corrected chi connectivity index (χ3v) is 3.60. The molecule has 0 saturated heterocycles. The number of nitrogens with one attached hydrogen (secondary N) is 1. The molecule has 1 aliphatic rings. The van der Waals surface area contributed by atoms with E-state index in [9.17, 15) is 0 Å². The number of aromatic nitrogens is 2. The third kappa shape index (κ3) is 3.00. The van der Waals surface area contributed by atoms with Crippen molar-refractivity contribution in [3.63, 3.8) is 0 Å². The van der Waals surface area contributed by atoms with E-state index in [1.807, 2.05) is 6.92 Å². The smallest absolute Gasteiger partial charge is 0.115 e. The molecule has 0 radical (unpaired) electrons. The predicted molar refractivity (Wildman–Crippen MR) is 77.5 cm³/mol. The highest BCUT2D eigenvalue weighted by Gasteiger charge is 2.29. The first-order valence-electron chi connectivity index (χ1n) is 7.34. The van der Waals surface area contributed by atoms with Crippen LogP contribution in [0, 0.1) is 0 Å². The summed E-state index contributed by atoms with van der Waals surface area (Å²) in [5.41, 5.74) is 2.69. The Morgan fingerprint density at radius 3 is 2.79 bits per heavy atom. The Labute approximate surface area is 116 Å². The van der Waals surface area contributed by atoms with Gasteiger partial charge in [0.2, 0.25) is 0 Å². The molecule has 1 aromatic heterocycles. The van der Waals surface area contributed by atoms with Gasteiger partial charge in [0.1, 0.15) is 5.82 Å². The lowest BCUT2D eigenvalue weighted by Crippen LogP contribution is -2.28. The molecule has 0 spiro atoms. The molecule has 4 nitrogen and oxygen atoms in total. The zero-order chi connectivity index (χ0) is 14.0. The van der Waals surface area contributed by atoms with Gasteiger partial charge < -0.3 is 14.6 Å². The molecule has 1 unspecified atom stereocenters. The van der Waals surface area contributed by atoms with Crippen molar-refractivity contribution < 1.29 is 4.74 Å². The molecule has 1 atom stereocenters. The molecule has 0 aliphatic carbocycles. The van der Waals surface area contributed by atoms with E-state index in [2.05, 4.69) is 37.6 Å². The molecule has 0 aromatic carbocycles. The topological polar surface area (TPSA) is 39.1 Å². The molecule has 4 heteroatoms. The lowest BCUT2D eigenvalue weighted by Gasteiger charge is -2.26. The van der Waals surface area contributed by atoms with Crippen LogP contribution in [0.3, 0.4) is 0 Å². The second kappa shape index (κ2) is 5.63. The molecule has 1 aliphatic heterocycles. The summed E-state index contributed by atoms with van der Waals surface area (Å²) < 4.78 is 8.04. The van der Waals surface area contributed by atoms with Crippen LogP contribution in [-0.2, 0) is 23.1 Å². The quantitative estimate of drug-likeness (QED) is 0.908. The summed E-state index contributed by atoms with van der Waals surface area (Å²) >= 11 is 0. The fraction of sp³-hybridized carbons (Fsp3) is 0.800. The average molecular weight is 265 g/mol. The molecule has 0 fully saturated rings. The van der Waals surface area contributed by atoms with E-state index in [4.69, 9.17) is 9.72 Å². The Bertz CT molecular complexity index is 431. The number of imidazole rings is 1. The van der Waals surface area contributed by atoms with Crippen molar-refractivity contribution in [2.24, 2.45) is 0 Å². The Hall–Kier alpha value is -0.870. The molecule has 0 amide bonds. The minimum atomic E-state index is 0.0673. The van der Waals surface area contributed by atoms with Crippen molar-refractivity contribution in [3.05, 3.63) is 17.2 Å². The molecule has 2 heterocycles. The first-order chi connectivity index (χ1) is 8.95. The predicted octanol–water partition coefficient (Wildman–Crippen LogP) is 2.42. The summed E-state index contributed by atoms with van der Waals surface area (Å²) in [6, 6.07) is 0.350. The zero-order valence-electron chi connectivity index (χ0n) is 12.9. The number of ether oxygens (including phenoxy) is 1. The SMILES string of the molecule is CCOCC(C)n1c(C(C)(C)C)nc2c1CCNC2. The number of fused-ring (bicyclic) bond motifs is 1. The first kappa shape index (κ1) is 14.5. The van der Waals surface area contributed by atoms with Gasteiger partial charge in [-0.25, -0.2) is 4.98 Å². The van der Waals surface area contributed by atoms with Gasteiger partial charge in [0.15, 0.2) is 0 Å². The highest BCUT2D eigenvalue weighted by atomic mass is 16.5. The van der Waals surface area contributed by atoms with Crippen LogP contribution in [0.2, 0.25) is 0 Å². The first-order valence-corrected chi connectivity index (χ1v) is 7.34. The molecular formula is C15H27N3O. The van der Waals surface area contributed by atoms with Gasteiger partial charge in [-0.2, -0.15) is 0 Å². The average Bonchev–Trinajstić information content (AvgIpc) is 2.75. The van der Waals surface area contributed by atoms with Crippen molar-refractivity contribution in [2.75, 3.05) is 19.8 Å². The summed E-state index contributed by atoms with van der Waals surface area (Å²) in [7, 11) is 0. The molecule has 0 saturated carbocycles. The molecule has 19 heavy (non-hydrogen) atoms. The van der Waals surface area contributed by atoms with Crippen LogP contribution in [0.5, 0.6) is 0 Å². The van der Waals surface area contributed by atoms with E-state index in [0.717, 1.165) is 32.7 Å². The number of rotatable bonds is 4. The fourth-order valence-corrected chi connectivity index (χ4v) is 2.70. The number of nitrogens with zero attached hydrogens (tertiary/aromatic N) is 2. The normalized spacial score (nSPS) is 17.3. The molecule has 2 rings (SSSR count). The molecule has 0 bridgehead atoms. The maximum atomic E-state index is 5.61. The van der Waals surface area contributed by atoms with Gasteiger partial charge in [0, 0.05) is 37.2 Å². The zero-order valence-corrected chi connectivity index (χ0v) is 12.9. The summed E-state index contributed by atoms with van der Waals surface area (Å²) in [6.45, 7) is 14.5. The standard InChI is InChI=1S/C15H27N3O/c1-6-19-10-11(2)18-13-7-8-16-9-12(13)17-14(18)15(3,4)5/h11,16H,6-10H2,1-5H3. The highest BCUT2D eigenvalue weighted by molar-refractivity contribution is 5.24. The number of hydrogen-bond donors (Lipinski definition) is 1. The van der Waals surface area contributed by atoms with Gasteiger partial charge in [0.05, 0.1) is 18.3 Å². The summed E-state index contributed by atoms with van der Waals surface area (Å²) in [4.78, 5) is 4.90.